The number of amides is 1. The zero-order valence-electron chi connectivity index (χ0n) is 17.7. The highest BCUT2D eigenvalue weighted by molar-refractivity contribution is 7.17. The maximum atomic E-state index is 14.7. The predicted molar refractivity (Wildman–Crippen MR) is 117 cm³/mol. The molecule has 0 fully saturated rings. The van der Waals surface area contributed by atoms with Gasteiger partial charge in [0.05, 0.1) is 5.69 Å². The lowest BCUT2D eigenvalue weighted by Gasteiger charge is -2.11. The number of thiazole rings is 1. The number of nitrogens with one attached hydrogen (secondary N) is 1. The number of alkyl halides is 3. The third kappa shape index (κ3) is 5.16. The minimum Gasteiger partial charge on any atom is -0.484 e. The Bertz CT molecular complexity index is 1310. The topological polar surface area (TPSA) is 55.6 Å². The number of imidazole rings is 1. The summed E-state index contributed by atoms with van der Waals surface area (Å²) in [6.07, 6.45) is -2.58. The fourth-order valence-corrected chi connectivity index (χ4v) is 4.27. The Morgan fingerprint density at radius 3 is 2.55 bits per heavy atom. The van der Waals surface area contributed by atoms with Gasteiger partial charge < -0.3 is 10.1 Å². The van der Waals surface area contributed by atoms with Crippen molar-refractivity contribution in [3.8, 4) is 16.9 Å². The van der Waals surface area contributed by atoms with Gasteiger partial charge in [0.2, 0.25) is 0 Å². The molecule has 0 spiro atoms. The Morgan fingerprint density at radius 2 is 1.88 bits per heavy atom. The smallest absolute Gasteiger partial charge is 0.422 e. The van der Waals surface area contributed by atoms with Crippen molar-refractivity contribution < 1.29 is 27.1 Å². The van der Waals surface area contributed by atoms with Crippen molar-refractivity contribution in [2.24, 2.45) is 0 Å². The number of rotatable bonds is 6. The SMILES string of the molecule is Cc1cn2c(C(=O)NCc3ccc(-c4ccc(OCC(F)(F)F)cc4)c(F)c3)c(C)nc2s1. The molecule has 0 saturated heterocycles. The number of benzene rings is 2. The predicted octanol–water partition coefficient (Wildman–Crippen LogP) is 5.69. The highest BCUT2D eigenvalue weighted by Crippen LogP contribution is 2.27. The molecule has 2 aromatic carbocycles. The number of hydrogen-bond donors (Lipinski definition) is 1. The highest BCUT2D eigenvalue weighted by atomic mass is 32.1. The highest BCUT2D eigenvalue weighted by Gasteiger charge is 2.28. The molecule has 2 heterocycles. The van der Waals surface area contributed by atoms with Crippen LogP contribution in [0.2, 0.25) is 0 Å². The first-order valence-electron chi connectivity index (χ1n) is 9.92. The molecule has 0 atom stereocenters. The molecule has 4 rings (SSSR count). The number of fused-ring (bicyclic) bond motifs is 1. The summed E-state index contributed by atoms with van der Waals surface area (Å²) >= 11 is 1.49. The molecular formula is C23H19F4N3O2S. The minimum atomic E-state index is -4.43. The lowest BCUT2D eigenvalue weighted by Crippen LogP contribution is -2.24. The van der Waals surface area contributed by atoms with Crippen LogP contribution in [0.15, 0.2) is 48.7 Å². The van der Waals surface area contributed by atoms with Gasteiger partial charge in [0.15, 0.2) is 11.6 Å². The molecule has 0 unspecified atom stereocenters. The van der Waals surface area contributed by atoms with Gasteiger partial charge >= 0.3 is 6.18 Å². The molecule has 0 aliphatic rings. The fourth-order valence-electron chi connectivity index (χ4n) is 3.40. The van der Waals surface area contributed by atoms with Gasteiger partial charge in [0.1, 0.15) is 17.3 Å². The molecule has 2 aromatic heterocycles. The van der Waals surface area contributed by atoms with Crippen LogP contribution in [0.3, 0.4) is 0 Å². The van der Waals surface area contributed by atoms with Gasteiger partial charge in [-0.2, -0.15) is 13.2 Å². The van der Waals surface area contributed by atoms with E-state index >= 15 is 0 Å². The van der Waals surface area contributed by atoms with Crippen LogP contribution in [0.4, 0.5) is 17.6 Å². The van der Waals surface area contributed by atoms with Crippen molar-refractivity contribution in [1.82, 2.24) is 14.7 Å². The molecule has 1 amide bonds. The molecule has 0 radical (unpaired) electrons. The molecule has 0 saturated carbocycles. The number of aromatic nitrogens is 2. The van der Waals surface area contributed by atoms with E-state index in [0.717, 1.165) is 9.84 Å². The molecule has 0 aliphatic heterocycles. The third-order valence-corrected chi connectivity index (χ3v) is 5.78. The van der Waals surface area contributed by atoms with E-state index in [1.165, 1.54) is 41.7 Å². The van der Waals surface area contributed by atoms with Crippen LogP contribution < -0.4 is 10.1 Å². The number of ether oxygens (including phenoxy) is 1. The number of hydrogen-bond acceptors (Lipinski definition) is 4. The van der Waals surface area contributed by atoms with E-state index in [-0.39, 0.29) is 23.8 Å². The standard InChI is InChI=1S/C23H19F4N3O2S/c1-13-11-30-20(14(2)29-22(30)33-13)21(31)28-10-15-3-8-18(19(24)9-15)16-4-6-17(7-5-16)32-12-23(25,26)27/h3-9,11H,10,12H2,1-2H3,(H,28,31). The lowest BCUT2D eigenvalue weighted by atomic mass is 10.0. The molecule has 10 heteroatoms. The Labute approximate surface area is 190 Å². The van der Waals surface area contributed by atoms with Gasteiger partial charge in [-0.15, -0.1) is 11.3 Å². The van der Waals surface area contributed by atoms with Crippen LogP contribution in [0.25, 0.3) is 16.1 Å². The minimum absolute atomic E-state index is 0.0425. The van der Waals surface area contributed by atoms with Gasteiger partial charge in [-0.25, -0.2) is 9.37 Å². The molecular weight excluding hydrogens is 458 g/mol. The van der Waals surface area contributed by atoms with E-state index in [9.17, 15) is 22.4 Å². The first-order valence-corrected chi connectivity index (χ1v) is 10.7. The molecule has 0 aliphatic carbocycles. The van der Waals surface area contributed by atoms with Crippen LogP contribution in [0, 0.1) is 19.7 Å². The zero-order valence-corrected chi connectivity index (χ0v) is 18.5. The van der Waals surface area contributed by atoms with Crippen LogP contribution in [0.5, 0.6) is 5.75 Å². The number of halogens is 4. The van der Waals surface area contributed by atoms with E-state index in [0.29, 0.717) is 22.5 Å². The summed E-state index contributed by atoms with van der Waals surface area (Å²) in [6, 6.07) is 10.2. The molecule has 172 valence electrons. The molecule has 4 aromatic rings. The monoisotopic (exact) mass is 477 g/mol. The second kappa shape index (κ2) is 8.86. The maximum Gasteiger partial charge on any atom is 0.422 e. The first kappa shape index (κ1) is 22.8. The van der Waals surface area contributed by atoms with Crippen molar-refractivity contribution in [3.63, 3.8) is 0 Å². The maximum absolute atomic E-state index is 14.7. The second-order valence-electron chi connectivity index (χ2n) is 7.47. The number of aryl methyl sites for hydroxylation is 2. The van der Waals surface area contributed by atoms with Gasteiger partial charge in [-0.1, -0.05) is 24.3 Å². The van der Waals surface area contributed by atoms with Crippen molar-refractivity contribution in [1.29, 1.82) is 0 Å². The van der Waals surface area contributed by atoms with Gasteiger partial charge in [0.25, 0.3) is 5.91 Å². The van der Waals surface area contributed by atoms with Crippen molar-refractivity contribution in [2.45, 2.75) is 26.6 Å². The fraction of sp³-hybridized carbons (Fsp3) is 0.217. The summed E-state index contributed by atoms with van der Waals surface area (Å²) in [5.74, 6) is -0.778. The summed E-state index contributed by atoms with van der Waals surface area (Å²) in [5.41, 5.74) is 2.40. The number of nitrogens with zero attached hydrogens (tertiary/aromatic N) is 2. The Hall–Kier alpha value is -3.40. The average molecular weight is 477 g/mol. The first-order chi connectivity index (χ1) is 15.6. The average Bonchev–Trinajstić information content (AvgIpc) is 3.24. The van der Waals surface area contributed by atoms with Crippen molar-refractivity contribution in [2.75, 3.05) is 6.61 Å². The molecule has 0 bridgehead atoms. The quantitative estimate of drug-likeness (QED) is 0.363. The van der Waals surface area contributed by atoms with Crippen LogP contribution >= 0.6 is 11.3 Å². The van der Waals surface area contributed by atoms with Gasteiger partial charge in [-0.05, 0) is 43.2 Å². The Morgan fingerprint density at radius 1 is 1.15 bits per heavy atom. The lowest BCUT2D eigenvalue weighted by molar-refractivity contribution is -0.153. The molecule has 33 heavy (non-hydrogen) atoms. The zero-order chi connectivity index (χ0) is 23.8. The van der Waals surface area contributed by atoms with Crippen molar-refractivity contribution >= 4 is 22.2 Å². The van der Waals surface area contributed by atoms with E-state index in [1.54, 1.807) is 23.5 Å². The van der Waals surface area contributed by atoms with Crippen LogP contribution in [0.1, 0.15) is 26.6 Å². The second-order valence-corrected chi connectivity index (χ2v) is 8.68. The molecule has 1 N–H and O–H groups in total. The van der Waals surface area contributed by atoms with Crippen molar-refractivity contribution in [3.05, 3.63) is 76.3 Å². The number of carbonyl (C=O) groups excluding carboxylic acids is 1. The summed E-state index contributed by atoms with van der Waals surface area (Å²) in [4.78, 5) is 18.9. The van der Waals surface area contributed by atoms with E-state index in [1.807, 2.05) is 13.1 Å². The third-order valence-electron chi connectivity index (χ3n) is 4.89. The van der Waals surface area contributed by atoms with Gasteiger partial charge in [0, 0.05) is 23.2 Å². The summed E-state index contributed by atoms with van der Waals surface area (Å²) in [6.45, 7) is 2.43. The molecule has 5 nitrogen and oxygen atoms in total. The van der Waals surface area contributed by atoms with Crippen LogP contribution in [-0.2, 0) is 6.54 Å². The van der Waals surface area contributed by atoms with E-state index in [4.69, 9.17) is 0 Å². The summed E-state index contributed by atoms with van der Waals surface area (Å²) in [5, 5.41) is 2.79. The summed E-state index contributed by atoms with van der Waals surface area (Å²) in [7, 11) is 0. The Kier molecular flexibility index (Phi) is 6.11. The van der Waals surface area contributed by atoms with E-state index in [2.05, 4.69) is 15.0 Å². The number of carbonyl (C=O) groups is 1. The largest absolute Gasteiger partial charge is 0.484 e. The van der Waals surface area contributed by atoms with E-state index < -0.39 is 18.6 Å². The van der Waals surface area contributed by atoms with Crippen LogP contribution in [-0.4, -0.2) is 28.1 Å². The Balaban J connectivity index is 1.43. The van der Waals surface area contributed by atoms with Gasteiger partial charge in [-0.3, -0.25) is 9.20 Å². The normalized spacial score (nSPS) is 11.7. The summed E-state index contributed by atoms with van der Waals surface area (Å²) < 4.78 is 57.9.